The van der Waals surface area contributed by atoms with Crippen LogP contribution in [0.4, 0.5) is 0 Å². The molecule has 0 N–H and O–H groups in total. The van der Waals surface area contributed by atoms with Gasteiger partial charge in [-0.2, -0.15) is 0 Å². The first-order valence-electron chi connectivity index (χ1n) is 21.6. The van der Waals surface area contributed by atoms with Crippen molar-refractivity contribution in [2.45, 2.75) is 170 Å². The van der Waals surface area contributed by atoms with Crippen LogP contribution in [0.25, 0.3) is 45.9 Å². The molecule has 5 heterocycles. The number of allylic oxidation sites excluding steroid dienone is 2. The molecule has 0 aliphatic carbocycles. The van der Waals surface area contributed by atoms with E-state index in [2.05, 4.69) is 97.9 Å². The Bertz CT molecular complexity index is 2110. The molecule has 0 aromatic carbocycles. The first kappa shape index (κ1) is 46.7. The first-order valence-corrected chi connectivity index (χ1v) is 23.2. The Morgan fingerprint density at radius 2 is 0.947 bits per heavy atom. The third-order valence-electron chi connectivity index (χ3n) is 11.6. The first-order chi connectivity index (χ1) is 26.9. The molecular weight excluding hydrogens is 770 g/mol. The van der Waals surface area contributed by atoms with Crippen LogP contribution in [0.3, 0.4) is 0 Å². The second kappa shape index (κ2) is 20.8. The van der Waals surface area contributed by atoms with Crippen molar-refractivity contribution in [2.75, 3.05) is 0 Å². The summed E-state index contributed by atoms with van der Waals surface area (Å²) in [5.74, 6) is 2.67. The number of hydrogen-bond acceptors (Lipinski definition) is 5. The van der Waals surface area contributed by atoms with Crippen LogP contribution in [-0.4, -0.2) is 22.2 Å². The van der Waals surface area contributed by atoms with Gasteiger partial charge in [-0.1, -0.05) is 85.2 Å². The zero-order valence-corrected chi connectivity index (χ0v) is 38.5. The van der Waals surface area contributed by atoms with Crippen LogP contribution >= 0.6 is 7.60 Å². The molecule has 0 amide bonds. The molecule has 0 saturated carbocycles. The van der Waals surface area contributed by atoms with Crippen LogP contribution in [0, 0.1) is 0 Å². The van der Waals surface area contributed by atoms with Crippen molar-refractivity contribution >= 4 is 53.5 Å². The quantitative estimate of drug-likeness (QED) is 0.0728. The molecule has 3 aromatic heterocycles. The van der Waals surface area contributed by atoms with Crippen molar-refractivity contribution in [1.29, 1.82) is 0 Å². The Morgan fingerprint density at radius 1 is 0.561 bits per heavy atom. The molecule has 0 unspecified atom stereocenters. The summed E-state index contributed by atoms with van der Waals surface area (Å²) in [6.07, 6.45) is 15.6. The van der Waals surface area contributed by atoms with Gasteiger partial charge in [0.1, 0.15) is 0 Å². The van der Waals surface area contributed by atoms with E-state index in [1.165, 1.54) is 11.1 Å². The van der Waals surface area contributed by atoms with Crippen LogP contribution < -0.4 is 9.97 Å². The van der Waals surface area contributed by atoms with E-state index in [-0.39, 0.29) is 40.5 Å². The Kier molecular flexibility index (Phi) is 17.0. The molecule has 3 aromatic rings. The summed E-state index contributed by atoms with van der Waals surface area (Å²) >= 11 is 0. The van der Waals surface area contributed by atoms with Crippen molar-refractivity contribution in [2.24, 2.45) is 0 Å². The summed E-state index contributed by atoms with van der Waals surface area (Å²) in [7, 11) is -3.59. The van der Waals surface area contributed by atoms with Gasteiger partial charge >= 0.3 is 24.1 Å². The van der Waals surface area contributed by atoms with Crippen molar-refractivity contribution in [1.82, 2.24) is 19.9 Å². The molecular formula is C48H67N4NiO3P. The predicted molar refractivity (Wildman–Crippen MR) is 238 cm³/mol. The summed E-state index contributed by atoms with van der Waals surface area (Å²) in [6, 6.07) is 8.79. The van der Waals surface area contributed by atoms with Gasteiger partial charge in [0.2, 0.25) is 0 Å². The minimum absolute atomic E-state index is 0. The molecule has 2 aliphatic heterocycles. The standard InChI is InChI=1S/C48H67N4O3P.Ni/c1-13-32(14-2)44-37-21-22-38(49-37)45(33(15-3)16-4)40-25-26-42(51-40)47(35(19-7)20-8)48-36(27-28-56(53,54-30(9)10)55-31(11)12)29-43(52-48)46(34(17-5)18-6)41-24-23-39(44)50-41;/h21-35H,13-20H2,1-12H3;/q-2;+2/b28-27+,44-37?,44-39?,45-38?,45-40?,46-41?,46-43?,47-42?,48-47?;. The fourth-order valence-electron chi connectivity index (χ4n) is 8.71. The van der Waals surface area contributed by atoms with E-state index in [9.17, 15) is 4.57 Å². The summed E-state index contributed by atoms with van der Waals surface area (Å²) in [5.41, 5.74) is 13.1. The van der Waals surface area contributed by atoms with Gasteiger partial charge in [0.25, 0.3) is 0 Å². The van der Waals surface area contributed by atoms with E-state index in [4.69, 9.17) is 29.0 Å². The zero-order chi connectivity index (χ0) is 40.7. The Hall–Kier alpha value is -3.02. The van der Waals surface area contributed by atoms with Gasteiger partial charge in [0, 0.05) is 17.0 Å². The van der Waals surface area contributed by atoms with Crippen molar-refractivity contribution in [3.63, 3.8) is 0 Å². The Morgan fingerprint density at radius 3 is 1.40 bits per heavy atom. The molecule has 0 spiro atoms. The number of fused-ring (bicyclic) bond motifs is 8. The number of aromatic nitrogens is 4. The maximum Gasteiger partial charge on any atom is 2.00 e. The summed E-state index contributed by atoms with van der Waals surface area (Å²) in [4.78, 5) is 22.1. The topological polar surface area (TPSA) is 89.5 Å². The van der Waals surface area contributed by atoms with Crippen LogP contribution in [0.15, 0.2) is 36.2 Å². The molecule has 0 saturated heterocycles. The molecule has 0 atom stereocenters. The molecule has 7 nitrogen and oxygen atoms in total. The van der Waals surface area contributed by atoms with Crippen LogP contribution in [0.1, 0.15) is 203 Å². The minimum Gasteiger partial charge on any atom is -0.657 e. The molecule has 5 rings (SSSR count). The van der Waals surface area contributed by atoms with Gasteiger partial charge < -0.3 is 19.0 Å². The zero-order valence-electron chi connectivity index (χ0n) is 36.6. The second-order valence-corrected chi connectivity index (χ2v) is 17.8. The Balaban J connectivity index is 0.00000720. The fourth-order valence-corrected chi connectivity index (χ4v) is 10.4. The number of rotatable bonds is 18. The van der Waals surface area contributed by atoms with Gasteiger partial charge in [-0.25, -0.2) is 9.97 Å². The van der Waals surface area contributed by atoms with Gasteiger partial charge in [-0.3, -0.25) is 4.57 Å². The van der Waals surface area contributed by atoms with Crippen molar-refractivity contribution in [3.8, 4) is 0 Å². The van der Waals surface area contributed by atoms with E-state index in [1.807, 2.05) is 33.8 Å². The van der Waals surface area contributed by atoms with E-state index in [1.54, 1.807) is 5.82 Å². The van der Waals surface area contributed by atoms with Gasteiger partial charge in [-0.05, 0) is 138 Å². The van der Waals surface area contributed by atoms with Gasteiger partial charge in [-0.15, -0.1) is 22.1 Å². The molecule has 8 bridgehead atoms. The average molecular weight is 838 g/mol. The maximum absolute atomic E-state index is 14.2. The van der Waals surface area contributed by atoms with E-state index >= 15 is 0 Å². The summed E-state index contributed by atoms with van der Waals surface area (Å²) in [5, 5.41) is 0. The molecule has 2 aliphatic rings. The van der Waals surface area contributed by atoms with Crippen LogP contribution in [0.5, 0.6) is 0 Å². The summed E-state index contributed by atoms with van der Waals surface area (Å²) < 4.78 is 26.2. The second-order valence-electron chi connectivity index (χ2n) is 16.0. The molecule has 0 radical (unpaired) electrons. The summed E-state index contributed by atoms with van der Waals surface area (Å²) in [6.45, 7) is 25.6. The molecule has 0 fully saturated rings. The molecule has 312 valence electrons. The predicted octanol–water partition coefficient (Wildman–Crippen LogP) is 14.5. The normalized spacial score (nSPS) is 13.4. The largest absolute Gasteiger partial charge is 2.00 e. The SMILES string of the molecule is CCC(CC)c1c2nc(c(C(CC)CC)c3ccc([n-]3)c(C(CC)CC)c3ccc([n-]3)c(C(CC)CC)c3nc1C=C3/C=C/P(=O)(OC(C)C)OC(C)C)C=C2.[Ni+2]. The molecule has 57 heavy (non-hydrogen) atoms. The van der Waals surface area contributed by atoms with E-state index in [0.717, 1.165) is 113 Å². The fraction of sp³-hybridized carbons (Fsp3) is 0.542. The van der Waals surface area contributed by atoms with E-state index in [0.29, 0.717) is 11.8 Å². The van der Waals surface area contributed by atoms with Gasteiger partial charge in [0.15, 0.2) is 0 Å². The smallest absolute Gasteiger partial charge is 0.657 e. The van der Waals surface area contributed by atoms with E-state index < -0.39 is 7.60 Å². The third kappa shape index (κ3) is 10.2. The Labute approximate surface area is 353 Å². The number of hydrogen-bond donors (Lipinski definition) is 0. The van der Waals surface area contributed by atoms with Crippen molar-refractivity contribution in [3.05, 3.63) is 81.2 Å². The number of nitrogens with zero attached hydrogens (tertiary/aromatic N) is 4. The third-order valence-corrected chi connectivity index (χ3v) is 13.6. The van der Waals surface area contributed by atoms with Crippen LogP contribution in [-0.2, 0) is 30.1 Å². The average Bonchev–Trinajstić information content (AvgIpc) is 4.00. The molecule has 9 heteroatoms. The monoisotopic (exact) mass is 836 g/mol. The van der Waals surface area contributed by atoms with Crippen molar-refractivity contribution < 1.29 is 30.1 Å². The van der Waals surface area contributed by atoms with Crippen LogP contribution in [0.2, 0.25) is 0 Å². The minimum atomic E-state index is -3.59. The van der Waals surface area contributed by atoms with Gasteiger partial charge in [0.05, 0.1) is 35.0 Å². The maximum atomic E-state index is 14.2.